The van der Waals surface area contributed by atoms with Gasteiger partial charge in [0, 0.05) is 16.3 Å². The van der Waals surface area contributed by atoms with Gasteiger partial charge in [0.05, 0.1) is 0 Å². The van der Waals surface area contributed by atoms with Crippen molar-refractivity contribution in [3.8, 4) is 0 Å². The van der Waals surface area contributed by atoms with E-state index >= 15 is 0 Å². The molecule has 0 amide bonds. The molecular weight excluding hydrogens is 289 g/mol. The maximum Gasteiger partial charge on any atom is 0.227 e. The molecule has 3 aromatic carbocycles. The molecule has 1 N–H and O–H groups in total. The summed E-state index contributed by atoms with van der Waals surface area (Å²) in [6.07, 6.45) is 0. The highest BCUT2D eigenvalue weighted by atomic mass is 31.2. The minimum absolute atomic E-state index is 0.808. The van der Waals surface area contributed by atoms with Crippen LogP contribution >= 0.6 is 7.29 Å². The molecule has 0 aromatic heterocycles. The number of benzene rings is 3. The topological polar surface area (TPSA) is 29.1 Å². The molecule has 0 aliphatic heterocycles. The van der Waals surface area contributed by atoms with Gasteiger partial charge in [-0.15, -0.1) is 0 Å². The van der Waals surface area contributed by atoms with E-state index in [4.69, 9.17) is 0 Å². The van der Waals surface area contributed by atoms with Gasteiger partial charge in [0.25, 0.3) is 0 Å². The molecule has 0 saturated carbocycles. The Hall–Kier alpha value is -2.31. The summed E-state index contributed by atoms with van der Waals surface area (Å²) in [5.41, 5.74) is 2.01. The van der Waals surface area contributed by atoms with E-state index in [9.17, 15) is 4.57 Å². The van der Waals surface area contributed by atoms with Crippen LogP contribution in [0.25, 0.3) is 0 Å². The van der Waals surface area contributed by atoms with Crippen molar-refractivity contribution >= 4 is 23.6 Å². The molecule has 22 heavy (non-hydrogen) atoms. The zero-order valence-corrected chi connectivity index (χ0v) is 13.3. The summed E-state index contributed by atoms with van der Waals surface area (Å²) < 4.78 is 13.8. The van der Waals surface area contributed by atoms with Crippen LogP contribution in [0.15, 0.2) is 84.9 Å². The molecule has 3 rings (SSSR count). The van der Waals surface area contributed by atoms with E-state index in [0.29, 0.717) is 0 Å². The lowest BCUT2D eigenvalue weighted by molar-refractivity contribution is 0.590. The van der Waals surface area contributed by atoms with E-state index in [1.165, 1.54) is 0 Å². The third-order valence-corrected chi connectivity index (χ3v) is 6.17. The predicted octanol–water partition coefficient (Wildman–Crippen LogP) is 4.34. The SMILES string of the molecule is Cc1cccc(NP(=O)(c2ccccc2)c2ccccc2)c1. The van der Waals surface area contributed by atoms with Gasteiger partial charge in [-0.05, 0) is 48.9 Å². The fraction of sp³-hybridized carbons (Fsp3) is 0.0526. The van der Waals surface area contributed by atoms with Gasteiger partial charge in [0.2, 0.25) is 7.29 Å². The summed E-state index contributed by atoms with van der Waals surface area (Å²) in [5.74, 6) is 0. The molecule has 0 saturated heterocycles. The van der Waals surface area contributed by atoms with Crippen LogP contribution < -0.4 is 15.7 Å². The molecule has 2 nitrogen and oxygen atoms in total. The first-order valence-electron chi connectivity index (χ1n) is 7.25. The van der Waals surface area contributed by atoms with Crippen LogP contribution in [0.2, 0.25) is 0 Å². The normalized spacial score (nSPS) is 11.1. The molecule has 0 spiro atoms. The van der Waals surface area contributed by atoms with Gasteiger partial charge in [0.15, 0.2) is 0 Å². The molecule has 0 aliphatic rings. The van der Waals surface area contributed by atoms with E-state index in [0.717, 1.165) is 21.9 Å². The fourth-order valence-corrected chi connectivity index (χ4v) is 4.69. The highest BCUT2D eigenvalue weighted by molar-refractivity contribution is 7.80. The smallest absolute Gasteiger partial charge is 0.227 e. The maximum atomic E-state index is 13.8. The molecule has 3 heteroatoms. The minimum Gasteiger partial charge on any atom is -0.329 e. The molecule has 0 aliphatic carbocycles. The molecule has 0 unspecified atom stereocenters. The van der Waals surface area contributed by atoms with Crippen LogP contribution in [0.3, 0.4) is 0 Å². The average molecular weight is 307 g/mol. The van der Waals surface area contributed by atoms with E-state index in [1.807, 2.05) is 91.9 Å². The summed E-state index contributed by atoms with van der Waals surface area (Å²) in [5, 5.41) is 4.90. The lowest BCUT2D eigenvalue weighted by atomic mass is 10.2. The fourth-order valence-electron chi connectivity index (χ4n) is 2.45. The van der Waals surface area contributed by atoms with Crippen molar-refractivity contribution < 1.29 is 4.57 Å². The Balaban J connectivity index is 2.10. The second-order valence-electron chi connectivity index (χ2n) is 5.26. The molecule has 3 aromatic rings. The Morgan fingerprint density at radius 3 is 1.77 bits per heavy atom. The number of nitrogens with one attached hydrogen (secondary N) is 1. The number of aryl methyl sites for hydroxylation is 1. The van der Waals surface area contributed by atoms with Crippen molar-refractivity contribution in [3.05, 3.63) is 90.5 Å². The zero-order chi connectivity index (χ0) is 15.4. The Morgan fingerprint density at radius 1 is 0.727 bits per heavy atom. The summed E-state index contributed by atoms with van der Waals surface area (Å²) >= 11 is 0. The van der Waals surface area contributed by atoms with Gasteiger partial charge in [0.1, 0.15) is 0 Å². The Kier molecular flexibility index (Phi) is 4.13. The minimum atomic E-state index is -2.92. The third-order valence-electron chi connectivity index (χ3n) is 3.54. The molecule has 0 fully saturated rings. The monoisotopic (exact) mass is 307 g/mol. The number of rotatable bonds is 4. The van der Waals surface area contributed by atoms with E-state index in [1.54, 1.807) is 0 Å². The van der Waals surface area contributed by atoms with Crippen LogP contribution in [-0.2, 0) is 4.57 Å². The maximum absolute atomic E-state index is 13.8. The van der Waals surface area contributed by atoms with Gasteiger partial charge in [-0.1, -0.05) is 48.5 Å². The first kappa shape index (κ1) is 14.6. The lowest BCUT2D eigenvalue weighted by Gasteiger charge is -2.21. The Morgan fingerprint density at radius 2 is 1.27 bits per heavy atom. The van der Waals surface area contributed by atoms with Crippen molar-refractivity contribution in [3.63, 3.8) is 0 Å². The largest absolute Gasteiger partial charge is 0.329 e. The second-order valence-corrected chi connectivity index (χ2v) is 7.74. The van der Waals surface area contributed by atoms with Gasteiger partial charge in [-0.25, -0.2) is 0 Å². The summed E-state index contributed by atoms with van der Waals surface area (Å²) in [6.45, 7) is 2.03. The van der Waals surface area contributed by atoms with Gasteiger partial charge >= 0.3 is 0 Å². The van der Waals surface area contributed by atoms with E-state index in [2.05, 4.69) is 5.09 Å². The highest BCUT2D eigenvalue weighted by Crippen LogP contribution is 2.43. The molecule has 110 valence electrons. The van der Waals surface area contributed by atoms with Crippen LogP contribution in [0, 0.1) is 6.92 Å². The quantitative estimate of drug-likeness (QED) is 0.727. The van der Waals surface area contributed by atoms with E-state index in [-0.39, 0.29) is 0 Å². The highest BCUT2D eigenvalue weighted by Gasteiger charge is 2.26. The molecule has 0 radical (unpaired) electrons. The molecular formula is C19H18NOP. The average Bonchev–Trinajstić information content (AvgIpc) is 2.56. The van der Waals surface area contributed by atoms with Crippen molar-refractivity contribution in [2.75, 3.05) is 5.09 Å². The third kappa shape index (κ3) is 2.98. The number of anilines is 1. The van der Waals surface area contributed by atoms with Gasteiger partial charge < -0.3 is 5.09 Å². The predicted molar refractivity (Wildman–Crippen MR) is 94.6 cm³/mol. The summed E-state index contributed by atoms with van der Waals surface area (Å²) in [4.78, 5) is 0. The summed E-state index contributed by atoms with van der Waals surface area (Å²) in [6, 6.07) is 27.2. The van der Waals surface area contributed by atoms with E-state index < -0.39 is 7.29 Å². The Bertz CT molecular complexity index is 756. The first-order chi connectivity index (χ1) is 10.7. The van der Waals surface area contributed by atoms with Crippen LogP contribution in [-0.4, -0.2) is 0 Å². The summed E-state index contributed by atoms with van der Waals surface area (Å²) in [7, 11) is -2.92. The van der Waals surface area contributed by atoms with Crippen molar-refractivity contribution in [2.45, 2.75) is 6.92 Å². The zero-order valence-electron chi connectivity index (χ0n) is 12.4. The molecule has 0 atom stereocenters. The molecule has 0 heterocycles. The van der Waals surface area contributed by atoms with Crippen LogP contribution in [0.1, 0.15) is 5.56 Å². The van der Waals surface area contributed by atoms with Crippen molar-refractivity contribution in [1.82, 2.24) is 0 Å². The standard InChI is InChI=1S/C19H18NOP/c1-16-9-8-10-17(15-16)20-22(21,18-11-4-2-5-12-18)19-13-6-3-7-14-19/h2-15H,1H3,(H,20,21). The van der Waals surface area contributed by atoms with Crippen LogP contribution in [0.4, 0.5) is 5.69 Å². The number of hydrogen-bond donors (Lipinski definition) is 1. The number of hydrogen-bond acceptors (Lipinski definition) is 1. The second kappa shape index (κ2) is 6.21. The van der Waals surface area contributed by atoms with Gasteiger partial charge in [-0.2, -0.15) is 0 Å². The lowest BCUT2D eigenvalue weighted by Crippen LogP contribution is -2.21. The van der Waals surface area contributed by atoms with Gasteiger partial charge in [-0.3, -0.25) is 4.57 Å². The first-order valence-corrected chi connectivity index (χ1v) is 8.95. The Labute approximate surface area is 131 Å². The van der Waals surface area contributed by atoms with Crippen LogP contribution in [0.5, 0.6) is 0 Å². The molecule has 0 bridgehead atoms. The van der Waals surface area contributed by atoms with Crippen molar-refractivity contribution in [1.29, 1.82) is 0 Å². The van der Waals surface area contributed by atoms with Crippen molar-refractivity contribution in [2.24, 2.45) is 0 Å².